The number of carbonyl (C=O) groups excluding carboxylic acids is 1. The molecule has 1 amide bonds. The number of hydrogen-bond donors (Lipinski definition) is 2. The molecule has 0 unspecified atom stereocenters. The lowest BCUT2D eigenvalue weighted by atomic mass is 10.1. The number of benzene rings is 1. The number of nitrogens with one attached hydrogen (secondary N) is 1. The number of hydrogen-bond acceptors (Lipinski definition) is 3. The van der Waals surface area contributed by atoms with Crippen LogP contribution in [0.5, 0.6) is 0 Å². The Morgan fingerprint density at radius 2 is 1.86 bits per heavy atom. The minimum absolute atomic E-state index is 0.358. The minimum atomic E-state index is -0.449. The molecule has 0 aliphatic rings. The molecule has 116 valence electrons. The molecule has 0 fully saturated rings. The summed E-state index contributed by atoms with van der Waals surface area (Å²) >= 11 is 4.91. The maximum Gasteiger partial charge on any atom is 0.407 e. The minimum Gasteiger partial charge on any atom is -0.444 e. The Kier molecular flexibility index (Phi) is 6.62. The van der Waals surface area contributed by atoms with Crippen LogP contribution in [-0.4, -0.2) is 23.2 Å². The molecule has 4 nitrogen and oxygen atoms in total. The van der Waals surface area contributed by atoms with Crippen LogP contribution in [0.15, 0.2) is 24.3 Å². The van der Waals surface area contributed by atoms with Crippen LogP contribution in [0.3, 0.4) is 0 Å². The smallest absolute Gasteiger partial charge is 0.407 e. The Hall–Kier alpha value is -1.62. The fraction of sp³-hybridized carbons (Fsp3) is 0.500. The van der Waals surface area contributed by atoms with Crippen molar-refractivity contribution in [2.24, 2.45) is 5.73 Å². The van der Waals surface area contributed by atoms with Gasteiger partial charge in [0.1, 0.15) is 10.6 Å². The van der Waals surface area contributed by atoms with Crippen molar-refractivity contribution in [1.82, 2.24) is 5.32 Å². The van der Waals surface area contributed by atoms with Crippen molar-refractivity contribution in [2.45, 2.75) is 45.6 Å². The Morgan fingerprint density at radius 3 is 2.38 bits per heavy atom. The number of unbranched alkanes of at least 4 members (excludes halogenated alkanes) is 1. The van der Waals surface area contributed by atoms with Gasteiger partial charge in [-0.1, -0.05) is 36.5 Å². The van der Waals surface area contributed by atoms with E-state index in [0.717, 1.165) is 24.8 Å². The highest BCUT2D eigenvalue weighted by Gasteiger charge is 2.15. The fourth-order valence-electron chi connectivity index (χ4n) is 1.79. The Balaban J connectivity index is 2.19. The Morgan fingerprint density at radius 1 is 1.24 bits per heavy atom. The van der Waals surface area contributed by atoms with Gasteiger partial charge in [0.15, 0.2) is 0 Å². The molecule has 1 aromatic rings. The van der Waals surface area contributed by atoms with Gasteiger partial charge in [-0.2, -0.15) is 0 Å². The zero-order valence-corrected chi connectivity index (χ0v) is 13.8. The van der Waals surface area contributed by atoms with E-state index in [4.69, 9.17) is 22.7 Å². The highest BCUT2D eigenvalue weighted by molar-refractivity contribution is 7.80. The molecule has 1 rings (SSSR count). The van der Waals surface area contributed by atoms with Crippen LogP contribution >= 0.6 is 12.2 Å². The van der Waals surface area contributed by atoms with E-state index in [1.807, 2.05) is 45.0 Å². The van der Waals surface area contributed by atoms with Gasteiger partial charge in [0, 0.05) is 12.1 Å². The van der Waals surface area contributed by atoms with E-state index in [2.05, 4.69) is 5.32 Å². The van der Waals surface area contributed by atoms with Crippen LogP contribution in [0.2, 0.25) is 0 Å². The normalized spacial score (nSPS) is 11.0. The maximum atomic E-state index is 11.4. The van der Waals surface area contributed by atoms with Crippen LogP contribution in [0.4, 0.5) is 4.79 Å². The van der Waals surface area contributed by atoms with Crippen molar-refractivity contribution in [3.05, 3.63) is 35.4 Å². The molecule has 0 bridgehead atoms. The van der Waals surface area contributed by atoms with E-state index < -0.39 is 5.60 Å². The second kappa shape index (κ2) is 7.98. The van der Waals surface area contributed by atoms with Gasteiger partial charge in [-0.15, -0.1) is 0 Å². The standard InChI is InChI=1S/C16H24N2O2S/c1-16(2,3)20-15(19)18-11-5-4-6-12-7-9-13(10-8-12)14(17)21/h7-10H,4-6,11H2,1-3H3,(H2,17,21)(H,18,19). The average Bonchev–Trinajstić information content (AvgIpc) is 2.36. The summed E-state index contributed by atoms with van der Waals surface area (Å²) in [5, 5.41) is 2.75. The molecule has 0 saturated heterocycles. The van der Waals surface area contributed by atoms with Gasteiger partial charge in [-0.05, 0) is 45.6 Å². The monoisotopic (exact) mass is 308 g/mol. The molecule has 0 saturated carbocycles. The third-order valence-electron chi connectivity index (χ3n) is 2.80. The zero-order valence-electron chi connectivity index (χ0n) is 12.9. The zero-order chi connectivity index (χ0) is 15.9. The molecule has 1 aromatic carbocycles. The van der Waals surface area contributed by atoms with Crippen molar-refractivity contribution >= 4 is 23.3 Å². The molecule has 0 aliphatic carbocycles. The molecule has 3 N–H and O–H groups in total. The third-order valence-corrected chi connectivity index (χ3v) is 3.03. The Labute approximate surface area is 132 Å². The van der Waals surface area contributed by atoms with Crippen LogP contribution in [0, 0.1) is 0 Å². The molecule has 0 heterocycles. The first kappa shape index (κ1) is 17.4. The largest absolute Gasteiger partial charge is 0.444 e. The summed E-state index contributed by atoms with van der Waals surface area (Å²) in [5.74, 6) is 0. The highest BCUT2D eigenvalue weighted by atomic mass is 32.1. The molecule has 0 aromatic heterocycles. The first-order valence-corrected chi connectivity index (χ1v) is 7.54. The van der Waals surface area contributed by atoms with Crippen molar-refractivity contribution in [3.8, 4) is 0 Å². The number of nitrogens with two attached hydrogens (primary N) is 1. The number of carbonyl (C=O) groups is 1. The van der Waals surface area contributed by atoms with Crippen molar-refractivity contribution in [1.29, 1.82) is 0 Å². The van der Waals surface area contributed by atoms with Crippen molar-refractivity contribution in [3.63, 3.8) is 0 Å². The van der Waals surface area contributed by atoms with E-state index in [1.165, 1.54) is 5.56 Å². The molecule has 21 heavy (non-hydrogen) atoms. The number of rotatable bonds is 6. The molecular weight excluding hydrogens is 284 g/mol. The van der Waals surface area contributed by atoms with E-state index in [-0.39, 0.29) is 6.09 Å². The summed E-state index contributed by atoms with van der Waals surface area (Å²) in [5.41, 5.74) is 7.24. The van der Waals surface area contributed by atoms with Crippen LogP contribution in [0.25, 0.3) is 0 Å². The van der Waals surface area contributed by atoms with Gasteiger partial charge in [0.2, 0.25) is 0 Å². The van der Waals surface area contributed by atoms with E-state index in [1.54, 1.807) is 0 Å². The number of ether oxygens (including phenoxy) is 1. The first-order chi connectivity index (χ1) is 9.78. The predicted octanol–water partition coefficient (Wildman–Crippen LogP) is 3.17. The summed E-state index contributed by atoms with van der Waals surface area (Å²) < 4.78 is 5.16. The lowest BCUT2D eigenvalue weighted by molar-refractivity contribution is 0.0527. The van der Waals surface area contributed by atoms with Crippen LogP contribution < -0.4 is 11.1 Å². The topological polar surface area (TPSA) is 64.3 Å². The van der Waals surface area contributed by atoms with Crippen LogP contribution in [-0.2, 0) is 11.2 Å². The molecule has 0 atom stereocenters. The lowest BCUT2D eigenvalue weighted by Gasteiger charge is -2.19. The molecule has 0 spiro atoms. The lowest BCUT2D eigenvalue weighted by Crippen LogP contribution is -2.33. The van der Waals surface area contributed by atoms with E-state index >= 15 is 0 Å². The second-order valence-electron chi connectivity index (χ2n) is 5.95. The number of alkyl carbamates (subject to hydrolysis) is 1. The Bertz CT molecular complexity index is 478. The average molecular weight is 308 g/mol. The summed E-state index contributed by atoms with van der Waals surface area (Å²) in [7, 11) is 0. The van der Waals surface area contributed by atoms with E-state index in [9.17, 15) is 4.79 Å². The van der Waals surface area contributed by atoms with Gasteiger partial charge < -0.3 is 15.8 Å². The number of thiocarbonyl (C=S) groups is 1. The summed E-state index contributed by atoms with van der Waals surface area (Å²) in [6, 6.07) is 7.96. The molecular formula is C16H24N2O2S. The molecule has 0 radical (unpaired) electrons. The number of aryl methyl sites for hydroxylation is 1. The number of amides is 1. The van der Waals surface area contributed by atoms with Crippen LogP contribution in [0.1, 0.15) is 44.7 Å². The highest BCUT2D eigenvalue weighted by Crippen LogP contribution is 2.08. The molecule has 0 aliphatic heterocycles. The van der Waals surface area contributed by atoms with Gasteiger partial charge >= 0.3 is 6.09 Å². The molecule has 5 heteroatoms. The van der Waals surface area contributed by atoms with Gasteiger partial charge in [-0.25, -0.2) is 4.79 Å². The quantitative estimate of drug-likeness (QED) is 0.626. The SMILES string of the molecule is CC(C)(C)OC(=O)NCCCCc1ccc(C(N)=S)cc1. The summed E-state index contributed by atoms with van der Waals surface area (Å²) in [4.78, 5) is 11.9. The van der Waals surface area contributed by atoms with E-state index in [0.29, 0.717) is 11.5 Å². The van der Waals surface area contributed by atoms with Gasteiger partial charge in [0.25, 0.3) is 0 Å². The maximum absolute atomic E-state index is 11.4. The van der Waals surface area contributed by atoms with Gasteiger partial charge in [-0.3, -0.25) is 0 Å². The second-order valence-corrected chi connectivity index (χ2v) is 6.39. The first-order valence-electron chi connectivity index (χ1n) is 7.13. The fourth-order valence-corrected chi connectivity index (χ4v) is 1.93. The predicted molar refractivity (Wildman–Crippen MR) is 89.5 cm³/mol. The summed E-state index contributed by atoms with van der Waals surface area (Å²) in [6.07, 6.45) is 2.52. The van der Waals surface area contributed by atoms with Gasteiger partial charge in [0.05, 0.1) is 0 Å². The third kappa shape index (κ3) is 7.66. The van der Waals surface area contributed by atoms with Crippen molar-refractivity contribution < 1.29 is 9.53 Å². The van der Waals surface area contributed by atoms with Crippen molar-refractivity contribution in [2.75, 3.05) is 6.54 Å². The summed E-state index contributed by atoms with van der Waals surface area (Å²) in [6.45, 7) is 6.18.